The van der Waals surface area contributed by atoms with E-state index in [1.807, 2.05) is 0 Å². The Morgan fingerprint density at radius 2 is 1.96 bits per heavy atom. The topological polar surface area (TPSA) is 91.8 Å². The fourth-order valence-corrected chi connectivity index (χ4v) is 5.15. The van der Waals surface area contributed by atoms with Gasteiger partial charge < -0.3 is 4.90 Å². The Bertz CT molecular complexity index is 854. The summed E-state index contributed by atoms with van der Waals surface area (Å²) >= 11 is 0. The van der Waals surface area contributed by atoms with E-state index in [0.717, 1.165) is 10.6 Å². The van der Waals surface area contributed by atoms with E-state index < -0.39 is 44.2 Å². The molecule has 0 radical (unpaired) electrons. The molecule has 1 amide bonds. The zero-order valence-corrected chi connectivity index (χ0v) is 15.7. The van der Waals surface area contributed by atoms with Crippen LogP contribution in [0.5, 0.6) is 0 Å². The summed E-state index contributed by atoms with van der Waals surface area (Å²) < 4.78 is 61.7. The first kappa shape index (κ1) is 19.8. The number of carbonyl (C=O) groups excluding carboxylic acids is 1. The molecule has 1 fully saturated rings. The minimum atomic E-state index is -3.75. The van der Waals surface area contributed by atoms with Crippen molar-refractivity contribution < 1.29 is 26.0 Å². The molecule has 0 spiro atoms. The van der Waals surface area contributed by atoms with E-state index in [2.05, 4.69) is 0 Å². The second kappa shape index (κ2) is 7.38. The predicted octanol–water partition coefficient (Wildman–Crippen LogP) is 0.233. The Morgan fingerprint density at radius 3 is 2.48 bits per heavy atom. The summed E-state index contributed by atoms with van der Waals surface area (Å²) in [7, 11) is -5.46. The molecule has 0 saturated carbocycles. The van der Waals surface area contributed by atoms with Crippen molar-refractivity contribution in [3.63, 3.8) is 0 Å². The Hall–Kier alpha value is -1.52. The van der Waals surface area contributed by atoms with E-state index >= 15 is 0 Å². The van der Waals surface area contributed by atoms with E-state index in [0.29, 0.717) is 6.42 Å². The van der Waals surface area contributed by atoms with Gasteiger partial charge in [-0.25, -0.2) is 21.2 Å². The number of sulfonamides is 1. The Labute approximate surface area is 147 Å². The third kappa shape index (κ3) is 5.23. The van der Waals surface area contributed by atoms with Gasteiger partial charge in [-0.05, 0) is 12.5 Å². The standard InChI is InChI=1S/C15H21FN2O5S2/c1-17(13-7-8-25(22,23)11-13)15(19)10-18(24(2,20)21)9-12-5-3-4-6-14(12)16/h3-6,13H,7-11H2,1-2H3. The van der Waals surface area contributed by atoms with Crippen molar-refractivity contribution in [1.82, 2.24) is 9.21 Å². The van der Waals surface area contributed by atoms with Crippen LogP contribution in [0.25, 0.3) is 0 Å². The quantitative estimate of drug-likeness (QED) is 0.691. The largest absolute Gasteiger partial charge is 0.341 e. The molecule has 1 aromatic rings. The van der Waals surface area contributed by atoms with Crippen LogP contribution >= 0.6 is 0 Å². The lowest BCUT2D eigenvalue weighted by Crippen LogP contribution is -2.45. The lowest BCUT2D eigenvalue weighted by atomic mass is 10.2. The lowest BCUT2D eigenvalue weighted by Gasteiger charge is -2.27. The summed E-state index contributed by atoms with van der Waals surface area (Å²) in [6, 6.07) is 5.27. The van der Waals surface area contributed by atoms with E-state index in [1.54, 1.807) is 6.07 Å². The molecule has 140 valence electrons. The van der Waals surface area contributed by atoms with Gasteiger partial charge in [0.2, 0.25) is 15.9 Å². The summed E-state index contributed by atoms with van der Waals surface area (Å²) in [4.78, 5) is 13.7. The molecule has 1 atom stereocenters. The highest BCUT2D eigenvalue weighted by Crippen LogP contribution is 2.18. The fourth-order valence-electron chi connectivity index (χ4n) is 2.65. The number of hydrogen-bond donors (Lipinski definition) is 0. The number of sulfone groups is 1. The Kier molecular flexibility index (Phi) is 5.85. The molecule has 7 nitrogen and oxygen atoms in total. The molecule has 1 unspecified atom stereocenters. The number of halogens is 1. The van der Waals surface area contributed by atoms with Crippen molar-refractivity contribution in [2.24, 2.45) is 0 Å². The number of likely N-dealkylation sites (N-methyl/N-ethyl adjacent to an activating group) is 1. The molecule has 0 aromatic heterocycles. The van der Waals surface area contributed by atoms with Crippen LogP contribution in [0, 0.1) is 5.82 Å². The third-order valence-corrected chi connectivity index (χ3v) is 7.18. The molecular weight excluding hydrogens is 371 g/mol. The molecular formula is C15H21FN2O5S2. The number of hydrogen-bond acceptors (Lipinski definition) is 5. The van der Waals surface area contributed by atoms with Crippen molar-refractivity contribution in [2.75, 3.05) is 31.4 Å². The van der Waals surface area contributed by atoms with E-state index in [1.165, 1.54) is 30.1 Å². The minimum absolute atomic E-state index is 0.0142. The van der Waals surface area contributed by atoms with Gasteiger partial charge in [-0.3, -0.25) is 4.79 Å². The second-order valence-electron chi connectivity index (χ2n) is 6.18. The maximum Gasteiger partial charge on any atom is 0.237 e. The highest BCUT2D eigenvalue weighted by atomic mass is 32.2. The molecule has 0 aliphatic carbocycles. The van der Waals surface area contributed by atoms with Crippen molar-refractivity contribution in [1.29, 1.82) is 0 Å². The van der Waals surface area contributed by atoms with E-state index in [4.69, 9.17) is 0 Å². The molecule has 1 saturated heterocycles. The maximum absolute atomic E-state index is 13.8. The molecule has 2 rings (SSSR count). The fraction of sp³-hybridized carbons (Fsp3) is 0.533. The van der Waals surface area contributed by atoms with Crippen molar-refractivity contribution in [3.8, 4) is 0 Å². The average Bonchev–Trinajstić information content (AvgIpc) is 2.87. The van der Waals surface area contributed by atoms with Gasteiger partial charge in [0.15, 0.2) is 9.84 Å². The van der Waals surface area contributed by atoms with Gasteiger partial charge in [0.1, 0.15) is 5.82 Å². The summed E-state index contributed by atoms with van der Waals surface area (Å²) in [5.41, 5.74) is 0.159. The van der Waals surface area contributed by atoms with Crippen LogP contribution in [0.1, 0.15) is 12.0 Å². The van der Waals surface area contributed by atoms with Crippen LogP contribution in [0.3, 0.4) is 0 Å². The van der Waals surface area contributed by atoms with Crippen LogP contribution in [0.2, 0.25) is 0 Å². The summed E-state index contributed by atoms with van der Waals surface area (Å²) in [6.45, 7) is -0.742. The molecule has 25 heavy (non-hydrogen) atoms. The highest BCUT2D eigenvalue weighted by Gasteiger charge is 2.34. The monoisotopic (exact) mass is 392 g/mol. The van der Waals surface area contributed by atoms with Crippen molar-refractivity contribution >= 4 is 25.8 Å². The summed E-state index contributed by atoms with van der Waals surface area (Å²) in [6.07, 6.45) is 1.28. The van der Waals surface area contributed by atoms with E-state index in [-0.39, 0.29) is 23.6 Å². The van der Waals surface area contributed by atoms with E-state index in [9.17, 15) is 26.0 Å². The number of amides is 1. The number of benzene rings is 1. The second-order valence-corrected chi connectivity index (χ2v) is 10.4. The van der Waals surface area contributed by atoms with Crippen LogP contribution in [-0.4, -0.2) is 69.3 Å². The van der Waals surface area contributed by atoms with Crippen molar-refractivity contribution in [2.45, 2.75) is 19.0 Å². The van der Waals surface area contributed by atoms with Gasteiger partial charge in [0, 0.05) is 25.2 Å². The molecule has 1 aliphatic rings. The van der Waals surface area contributed by atoms with Gasteiger partial charge in [-0.15, -0.1) is 0 Å². The normalized spacial score (nSPS) is 19.9. The highest BCUT2D eigenvalue weighted by molar-refractivity contribution is 7.91. The Morgan fingerprint density at radius 1 is 1.32 bits per heavy atom. The Balaban J connectivity index is 2.12. The van der Waals surface area contributed by atoms with Gasteiger partial charge >= 0.3 is 0 Å². The first-order valence-corrected chi connectivity index (χ1v) is 11.3. The van der Waals surface area contributed by atoms with Crippen LogP contribution in [-0.2, 0) is 31.2 Å². The number of nitrogens with zero attached hydrogens (tertiary/aromatic N) is 2. The lowest BCUT2D eigenvalue weighted by molar-refractivity contribution is -0.131. The van der Waals surface area contributed by atoms with Crippen molar-refractivity contribution in [3.05, 3.63) is 35.6 Å². The molecule has 1 heterocycles. The average molecular weight is 392 g/mol. The van der Waals surface area contributed by atoms with Gasteiger partial charge in [-0.1, -0.05) is 18.2 Å². The van der Waals surface area contributed by atoms with Crippen LogP contribution < -0.4 is 0 Å². The zero-order valence-electron chi connectivity index (χ0n) is 14.1. The summed E-state index contributed by atoms with van der Waals surface area (Å²) in [5.74, 6) is -1.19. The number of rotatable bonds is 6. The molecule has 1 aromatic carbocycles. The van der Waals surface area contributed by atoms with Gasteiger partial charge in [0.25, 0.3) is 0 Å². The number of carbonyl (C=O) groups is 1. The third-order valence-electron chi connectivity index (χ3n) is 4.23. The predicted molar refractivity (Wildman–Crippen MR) is 91.5 cm³/mol. The maximum atomic E-state index is 13.8. The molecule has 0 N–H and O–H groups in total. The first-order valence-electron chi connectivity index (χ1n) is 7.64. The zero-order chi connectivity index (χ0) is 18.8. The molecule has 10 heteroatoms. The van der Waals surface area contributed by atoms with Crippen LogP contribution in [0.4, 0.5) is 4.39 Å². The molecule has 0 bridgehead atoms. The molecule has 1 aliphatic heterocycles. The SMILES string of the molecule is CN(C(=O)CN(Cc1ccccc1F)S(C)(=O)=O)C1CCS(=O)(=O)C1. The van der Waals surface area contributed by atoms with Crippen LogP contribution in [0.15, 0.2) is 24.3 Å². The van der Waals surface area contributed by atoms with Gasteiger partial charge in [-0.2, -0.15) is 4.31 Å². The minimum Gasteiger partial charge on any atom is -0.341 e. The van der Waals surface area contributed by atoms with Gasteiger partial charge in [0.05, 0.1) is 24.3 Å². The smallest absolute Gasteiger partial charge is 0.237 e. The summed E-state index contributed by atoms with van der Waals surface area (Å²) in [5, 5.41) is 0. The first-order chi connectivity index (χ1) is 11.5.